The van der Waals surface area contributed by atoms with Crippen LogP contribution >= 0.6 is 0 Å². The fraction of sp³-hybridized carbons (Fsp3) is 0.400. The molecule has 6 nitrogen and oxygen atoms in total. The lowest BCUT2D eigenvalue weighted by Crippen LogP contribution is -2.43. The number of carbonyl (C=O) groups excluding carboxylic acids is 1. The summed E-state index contributed by atoms with van der Waals surface area (Å²) in [5.74, 6) is 0.852. The van der Waals surface area contributed by atoms with Gasteiger partial charge in [0.05, 0.1) is 13.3 Å². The van der Waals surface area contributed by atoms with E-state index in [2.05, 4.69) is 27.4 Å². The predicted molar refractivity (Wildman–Crippen MR) is 102 cm³/mol. The summed E-state index contributed by atoms with van der Waals surface area (Å²) in [5, 5.41) is 7.18. The van der Waals surface area contributed by atoms with E-state index in [1.807, 2.05) is 25.4 Å². The van der Waals surface area contributed by atoms with Crippen LogP contribution in [0.25, 0.3) is 6.08 Å². The van der Waals surface area contributed by atoms with Gasteiger partial charge in [-0.15, -0.1) is 0 Å². The number of nitrogens with one attached hydrogen (secondary N) is 1. The summed E-state index contributed by atoms with van der Waals surface area (Å²) in [7, 11) is 3.55. The maximum absolute atomic E-state index is 12.1. The van der Waals surface area contributed by atoms with Gasteiger partial charge in [-0.3, -0.25) is 14.4 Å². The van der Waals surface area contributed by atoms with Crippen molar-refractivity contribution < 1.29 is 9.53 Å². The maximum atomic E-state index is 12.1. The first-order valence-electron chi connectivity index (χ1n) is 8.95. The van der Waals surface area contributed by atoms with Crippen LogP contribution in [-0.4, -0.2) is 46.8 Å². The molecule has 3 rings (SSSR count). The van der Waals surface area contributed by atoms with Crippen LogP contribution < -0.4 is 10.1 Å². The zero-order valence-corrected chi connectivity index (χ0v) is 15.4. The first-order chi connectivity index (χ1) is 12.6. The molecule has 1 saturated heterocycles. The number of nitrogens with zero attached hydrogens (tertiary/aromatic N) is 3. The van der Waals surface area contributed by atoms with Gasteiger partial charge in [0.1, 0.15) is 5.75 Å². The van der Waals surface area contributed by atoms with E-state index in [4.69, 9.17) is 4.74 Å². The predicted octanol–water partition coefficient (Wildman–Crippen LogP) is 2.22. The third kappa shape index (κ3) is 5.20. The van der Waals surface area contributed by atoms with E-state index < -0.39 is 0 Å². The Bertz CT molecular complexity index is 761. The van der Waals surface area contributed by atoms with E-state index in [1.165, 1.54) is 5.56 Å². The van der Waals surface area contributed by atoms with Gasteiger partial charge in [0.15, 0.2) is 0 Å². The molecule has 1 amide bonds. The number of piperidine rings is 1. The Labute approximate surface area is 154 Å². The quantitative estimate of drug-likeness (QED) is 0.808. The molecule has 0 spiro atoms. The molecule has 1 fully saturated rings. The number of methoxy groups -OCH3 is 1. The number of hydrogen-bond donors (Lipinski definition) is 1. The summed E-state index contributed by atoms with van der Waals surface area (Å²) in [4.78, 5) is 14.5. The van der Waals surface area contributed by atoms with E-state index in [-0.39, 0.29) is 11.9 Å². The monoisotopic (exact) mass is 354 g/mol. The Balaban J connectivity index is 1.43. The number of carbonyl (C=O) groups is 1. The molecule has 2 aromatic rings. The topological polar surface area (TPSA) is 59.4 Å². The highest BCUT2D eigenvalue weighted by Crippen LogP contribution is 2.17. The van der Waals surface area contributed by atoms with Crippen molar-refractivity contribution in [2.45, 2.75) is 25.4 Å². The van der Waals surface area contributed by atoms with Gasteiger partial charge in [0.2, 0.25) is 5.91 Å². The van der Waals surface area contributed by atoms with Crippen molar-refractivity contribution in [1.82, 2.24) is 20.0 Å². The summed E-state index contributed by atoms with van der Waals surface area (Å²) >= 11 is 0. The third-order valence-corrected chi connectivity index (χ3v) is 4.63. The van der Waals surface area contributed by atoms with Gasteiger partial charge in [0, 0.05) is 50.6 Å². The summed E-state index contributed by atoms with van der Waals surface area (Å²) in [5.41, 5.74) is 2.18. The summed E-state index contributed by atoms with van der Waals surface area (Å²) < 4.78 is 7.00. The van der Waals surface area contributed by atoms with Crippen molar-refractivity contribution >= 4 is 12.0 Å². The maximum Gasteiger partial charge on any atom is 0.244 e. The standard InChI is InChI=1S/C20H26N4O2/c1-23-14-17(13-21-23)6-7-20(25)22-18-8-10-24(11-9-18)15-16-4-3-5-19(12-16)26-2/h3-7,12-14,18H,8-11,15H2,1-2H3,(H,22,25). The van der Waals surface area contributed by atoms with Gasteiger partial charge in [-0.25, -0.2) is 0 Å². The van der Waals surface area contributed by atoms with Gasteiger partial charge >= 0.3 is 0 Å². The second-order valence-corrected chi connectivity index (χ2v) is 6.69. The van der Waals surface area contributed by atoms with Crippen molar-refractivity contribution in [3.05, 3.63) is 53.9 Å². The molecule has 26 heavy (non-hydrogen) atoms. The number of rotatable bonds is 6. The lowest BCUT2D eigenvalue weighted by Gasteiger charge is -2.32. The Morgan fingerprint density at radius 3 is 2.88 bits per heavy atom. The van der Waals surface area contributed by atoms with Crippen LogP contribution in [0.4, 0.5) is 0 Å². The molecule has 0 radical (unpaired) electrons. The summed E-state index contributed by atoms with van der Waals surface area (Å²) in [6.45, 7) is 2.88. The number of hydrogen-bond acceptors (Lipinski definition) is 4. The average Bonchev–Trinajstić information content (AvgIpc) is 3.07. The number of benzene rings is 1. The Kier molecular flexibility index (Phi) is 6.07. The van der Waals surface area contributed by atoms with Gasteiger partial charge < -0.3 is 10.1 Å². The molecule has 0 saturated carbocycles. The molecular formula is C20H26N4O2. The third-order valence-electron chi connectivity index (χ3n) is 4.63. The van der Waals surface area contributed by atoms with Crippen LogP contribution in [0.3, 0.4) is 0 Å². The molecule has 138 valence electrons. The molecule has 0 atom stereocenters. The highest BCUT2D eigenvalue weighted by atomic mass is 16.5. The zero-order valence-electron chi connectivity index (χ0n) is 15.4. The molecule has 1 aromatic heterocycles. The number of ether oxygens (including phenoxy) is 1. The van der Waals surface area contributed by atoms with Gasteiger partial charge in [0.25, 0.3) is 0 Å². The van der Waals surface area contributed by atoms with E-state index in [1.54, 1.807) is 30.1 Å². The molecule has 1 aromatic carbocycles. The van der Waals surface area contributed by atoms with E-state index in [0.29, 0.717) is 0 Å². The van der Waals surface area contributed by atoms with Crippen molar-refractivity contribution in [2.24, 2.45) is 7.05 Å². The number of aryl methyl sites for hydroxylation is 1. The van der Waals surface area contributed by atoms with E-state index in [0.717, 1.165) is 43.8 Å². The molecule has 0 aliphatic carbocycles. The minimum Gasteiger partial charge on any atom is -0.497 e. The Morgan fingerprint density at radius 2 is 2.19 bits per heavy atom. The molecule has 0 unspecified atom stereocenters. The average molecular weight is 354 g/mol. The molecule has 0 bridgehead atoms. The van der Waals surface area contributed by atoms with Crippen LogP contribution in [0.5, 0.6) is 5.75 Å². The molecule has 1 aliphatic heterocycles. The SMILES string of the molecule is COc1cccc(CN2CCC(NC(=O)C=Cc3cnn(C)c3)CC2)c1. The second-order valence-electron chi connectivity index (χ2n) is 6.69. The molecule has 2 heterocycles. The first-order valence-corrected chi connectivity index (χ1v) is 8.95. The van der Waals surface area contributed by atoms with Gasteiger partial charge in [-0.05, 0) is 36.6 Å². The molecule has 1 aliphatic rings. The lowest BCUT2D eigenvalue weighted by molar-refractivity contribution is -0.117. The molecular weight excluding hydrogens is 328 g/mol. The van der Waals surface area contributed by atoms with Crippen LogP contribution in [0.2, 0.25) is 0 Å². The van der Waals surface area contributed by atoms with Gasteiger partial charge in [-0.2, -0.15) is 5.10 Å². The van der Waals surface area contributed by atoms with Crippen LogP contribution in [0.1, 0.15) is 24.0 Å². The molecule has 6 heteroatoms. The largest absolute Gasteiger partial charge is 0.497 e. The van der Waals surface area contributed by atoms with Crippen LogP contribution in [0, 0.1) is 0 Å². The van der Waals surface area contributed by atoms with Gasteiger partial charge in [-0.1, -0.05) is 12.1 Å². The summed E-state index contributed by atoms with van der Waals surface area (Å²) in [6.07, 6.45) is 8.93. The van der Waals surface area contributed by atoms with E-state index in [9.17, 15) is 4.79 Å². The number of amides is 1. The fourth-order valence-corrected chi connectivity index (χ4v) is 3.21. The van der Waals surface area contributed by atoms with Crippen molar-refractivity contribution in [3.63, 3.8) is 0 Å². The first kappa shape index (κ1) is 18.2. The number of likely N-dealkylation sites (tertiary alicyclic amines) is 1. The van der Waals surface area contributed by atoms with E-state index >= 15 is 0 Å². The van der Waals surface area contributed by atoms with Crippen molar-refractivity contribution in [1.29, 1.82) is 0 Å². The van der Waals surface area contributed by atoms with Crippen LogP contribution in [-0.2, 0) is 18.4 Å². The minimum absolute atomic E-state index is 0.0416. The minimum atomic E-state index is -0.0416. The Morgan fingerprint density at radius 1 is 1.38 bits per heavy atom. The number of aromatic nitrogens is 2. The Hall–Kier alpha value is -2.60. The zero-order chi connectivity index (χ0) is 18.4. The highest BCUT2D eigenvalue weighted by Gasteiger charge is 2.20. The summed E-state index contributed by atoms with van der Waals surface area (Å²) in [6, 6.07) is 8.43. The highest BCUT2D eigenvalue weighted by molar-refractivity contribution is 5.91. The van der Waals surface area contributed by atoms with Crippen molar-refractivity contribution in [3.8, 4) is 5.75 Å². The van der Waals surface area contributed by atoms with Crippen LogP contribution in [0.15, 0.2) is 42.7 Å². The smallest absolute Gasteiger partial charge is 0.244 e. The lowest BCUT2D eigenvalue weighted by atomic mass is 10.0. The van der Waals surface area contributed by atoms with Crippen molar-refractivity contribution in [2.75, 3.05) is 20.2 Å². The molecule has 1 N–H and O–H groups in total. The second kappa shape index (κ2) is 8.67. The fourth-order valence-electron chi connectivity index (χ4n) is 3.21. The normalized spacial score (nSPS) is 16.1.